The Morgan fingerprint density at radius 3 is 2.40 bits per heavy atom. The van der Waals surface area contributed by atoms with E-state index in [1.165, 1.54) is 19.3 Å². The monoisotopic (exact) mass is 273 g/mol. The summed E-state index contributed by atoms with van der Waals surface area (Å²) in [6, 6.07) is 0. The summed E-state index contributed by atoms with van der Waals surface area (Å²) in [5, 5.41) is 3.16. The van der Waals surface area contributed by atoms with Crippen molar-refractivity contribution in [3.05, 3.63) is 0 Å². The van der Waals surface area contributed by atoms with Gasteiger partial charge in [-0.1, -0.05) is 29.3 Å². The summed E-state index contributed by atoms with van der Waals surface area (Å²) in [5.41, 5.74) is -0.145. The van der Waals surface area contributed by atoms with Crippen LogP contribution < -0.4 is 5.32 Å². The van der Waals surface area contributed by atoms with E-state index in [1.807, 2.05) is 0 Å². The molecule has 0 aromatic rings. The summed E-state index contributed by atoms with van der Waals surface area (Å²) >= 11 is 3.54. The molecule has 1 N–H and O–H groups in total. The van der Waals surface area contributed by atoms with Gasteiger partial charge in [0.2, 0.25) is 5.91 Å². The van der Waals surface area contributed by atoms with Gasteiger partial charge in [0.1, 0.15) is 0 Å². The van der Waals surface area contributed by atoms with Crippen molar-refractivity contribution in [2.24, 2.45) is 17.8 Å². The van der Waals surface area contributed by atoms with Gasteiger partial charge in [-0.2, -0.15) is 0 Å². The first kappa shape index (κ1) is 11.4. The molecule has 3 heteroatoms. The third kappa shape index (κ3) is 2.08. The zero-order valence-electron chi connectivity index (χ0n) is 9.72. The Morgan fingerprint density at radius 2 is 1.93 bits per heavy atom. The van der Waals surface area contributed by atoms with Crippen LogP contribution in [0.4, 0.5) is 0 Å². The molecule has 0 spiro atoms. The first-order valence-electron chi connectivity index (χ1n) is 5.89. The third-order valence-corrected chi connectivity index (χ3v) is 5.29. The summed E-state index contributed by atoms with van der Waals surface area (Å²) < 4.78 is 0. The second kappa shape index (κ2) is 3.76. The molecule has 86 valence electrons. The van der Waals surface area contributed by atoms with Crippen LogP contribution in [0.25, 0.3) is 0 Å². The zero-order chi connectivity index (χ0) is 11.2. The molecule has 2 aliphatic carbocycles. The Balaban J connectivity index is 1.88. The minimum Gasteiger partial charge on any atom is -0.350 e. The molecule has 0 heterocycles. The maximum atomic E-state index is 12.0. The van der Waals surface area contributed by atoms with Crippen molar-refractivity contribution in [2.75, 3.05) is 0 Å². The smallest absolute Gasteiger partial charge is 0.224 e. The predicted octanol–water partition coefficient (Wildman–Crippen LogP) is 2.71. The molecule has 2 rings (SSSR count). The van der Waals surface area contributed by atoms with Crippen LogP contribution >= 0.6 is 15.9 Å². The summed E-state index contributed by atoms with van der Waals surface area (Å²) in [6.45, 7) is 6.22. The van der Waals surface area contributed by atoms with Gasteiger partial charge in [0, 0.05) is 16.3 Å². The summed E-state index contributed by atoms with van der Waals surface area (Å²) in [5.74, 6) is 2.04. The Bertz CT molecular complexity index is 265. The van der Waals surface area contributed by atoms with E-state index in [4.69, 9.17) is 0 Å². The highest BCUT2D eigenvalue weighted by atomic mass is 79.9. The number of hydrogen-bond donors (Lipinski definition) is 1. The molecular weight excluding hydrogens is 254 g/mol. The van der Waals surface area contributed by atoms with E-state index in [9.17, 15) is 4.79 Å². The van der Waals surface area contributed by atoms with Gasteiger partial charge in [-0.15, -0.1) is 0 Å². The zero-order valence-corrected chi connectivity index (χ0v) is 11.3. The lowest BCUT2D eigenvalue weighted by molar-refractivity contribution is -0.124. The Morgan fingerprint density at radius 1 is 1.40 bits per heavy atom. The van der Waals surface area contributed by atoms with E-state index in [0.29, 0.717) is 22.6 Å². The molecule has 0 aliphatic heterocycles. The molecule has 1 amide bonds. The highest BCUT2D eigenvalue weighted by molar-refractivity contribution is 9.09. The van der Waals surface area contributed by atoms with Crippen molar-refractivity contribution >= 4 is 21.8 Å². The summed E-state index contributed by atoms with van der Waals surface area (Å²) in [6.07, 6.45) is 3.87. The van der Waals surface area contributed by atoms with Crippen molar-refractivity contribution in [1.82, 2.24) is 5.32 Å². The van der Waals surface area contributed by atoms with Crippen LogP contribution in [0.5, 0.6) is 0 Å². The fraction of sp³-hybridized carbons (Fsp3) is 0.917. The number of alkyl halides is 1. The molecule has 0 aromatic heterocycles. The molecule has 3 atom stereocenters. The molecule has 15 heavy (non-hydrogen) atoms. The minimum absolute atomic E-state index is 0.145. The molecule has 0 saturated heterocycles. The average Bonchev–Trinajstić information content (AvgIpc) is 2.60. The van der Waals surface area contributed by atoms with Gasteiger partial charge in [0.05, 0.1) is 0 Å². The molecular formula is C12H20BrNO. The molecule has 3 unspecified atom stereocenters. The van der Waals surface area contributed by atoms with E-state index in [2.05, 4.69) is 42.0 Å². The second-order valence-corrected chi connectivity index (χ2v) is 6.98. The quantitative estimate of drug-likeness (QED) is 0.788. The first-order chi connectivity index (χ1) is 6.93. The fourth-order valence-electron chi connectivity index (χ4n) is 2.71. The van der Waals surface area contributed by atoms with Crippen LogP contribution in [0.15, 0.2) is 0 Å². The standard InChI is InChI=1S/C12H20BrNO/c1-7(13)12(2,3)14-11(15)10-8-5-4-6-9(8)10/h7-10H,4-6H2,1-3H3,(H,14,15). The number of carbonyl (C=O) groups is 1. The number of amides is 1. The van der Waals surface area contributed by atoms with Gasteiger partial charge < -0.3 is 5.32 Å². The lowest BCUT2D eigenvalue weighted by atomic mass is 10.0. The van der Waals surface area contributed by atoms with Gasteiger partial charge in [-0.3, -0.25) is 4.79 Å². The van der Waals surface area contributed by atoms with Gasteiger partial charge in [-0.25, -0.2) is 0 Å². The van der Waals surface area contributed by atoms with E-state index >= 15 is 0 Å². The van der Waals surface area contributed by atoms with Crippen molar-refractivity contribution in [1.29, 1.82) is 0 Å². The molecule has 2 fully saturated rings. The Kier molecular flexibility index (Phi) is 2.87. The molecule has 2 nitrogen and oxygen atoms in total. The molecule has 0 aromatic carbocycles. The molecule has 0 bridgehead atoms. The van der Waals surface area contributed by atoms with Crippen molar-refractivity contribution in [3.63, 3.8) is 0 Å². The van der Waals surface area contributed by atoms with Gasteiger partial charge >= 0.3 is 0 Å². The van der Waals surface area contributed by atoms with E-state index in [1.54, 1.807) is 0 Å². The van der Waals surface area contributed by atoms with Crippen LogP contribution in [0.2, 0.25) is 0 Å². The van der Waals surface area contributed by atoms with Crippen molar-refractivity contribution in [2.45, 2.75) is 50.4 Å². The van der Waals surface area contributed by atoms with E-state index in [-0.39, 0.29) is 11.4 Å². The lowest BCUT2D eigenvalue weighted by Crippen LogP contribution is -2.49. The summed E-state index contributed by atoms with van der Waals surface area (Å²) in [4.78, 5) is 12.3. The van der Waals surface area contributed by atoms with Crippen LogP contribution in [0.3, 0.4) is 0 Å². The average molecular weight is 274 g/mol. The van der Waals surface area contributed by atoms with Crippen LogP contribution in [0.1, 0.15) is 40.0 Å². The van der Waals surface area contributed by atoms with Gasteiger partial charge in [0.15, 0.2) is 0 Å². The molecule has 2 aliphatic rings. The Hall–Kier alpha value is -0.0500. The number of carbonyl (C=O) groups excluding carboxylic acids is 1. The lowest BCUT2D eigenvalue weighted by Gasteiger charge is -2.29. The SMILES string of the molecule is CC(Br)C(C)(C)NC(=O)C1C2CCCC21. The minimum atomic E-state index is -0.145. The molecule has 0 radical (unpaired) electrons. The maximum Gasteiger partial charge on any atom is 0.224 e. The number of hydrogen-bond acceptors (Lipinski definition) is 1. The highest BCUT2D eigenvalue weighted by Gasteiger charge is 2.56. The third-order valence-electron chi connectivity index (χ3n) is 4.15. The van der Waals surface area contributed by atoms with Gasteiger partial charge in [-0.05, 0) is 38.5 Å². The Labute approximate surface area is 100 Å². The normalized spacial score (nSPS) is 35.9. The number of nitrogens with one attached hydrogen (secondary N) is 1. The van der Waals surface area contributed by atoms with Crippen LogP contribution in [-0.4, -0.2) is 16.3 Å². The first-order valence-corrected chi connectivity index (χ1v) is 6.81. The highest BCUT2D eigenvalue weighted by Crippen LogP contribution is 2.57. The number of rotatable bonds is 3. The van der Waals surface area contributed by atoms with E-state index in [0.717, 1.165) is 0 Å². The van der Waals surface area contributed by atoms with E-state index < -0.39 is 0 Å². The van der Waals surface area contributed by atoms with Crippen LogP contribution in [-0.2, 0) is 4.79 Å². The fourth-order valence-corrected chi connectivity index (χ4v) is 2.83. The number of fused-ring (bicyclic) bond motifs is 1. The summed E-state index contributed by atoms with van der Waals surface area (Å²) in [7, 11) is 0. The maximum absolute atomic E-state index is 12.0. The number of halogens is 1. The van der Waals surface area contributed by atoms with Crippen molar-refractivity contribution < 1.29 is 4.79 Å². The van der Waals surface area contributed by atoms with Gasteiger partial charge in [0.25, 0.3) is 0 Å². The van der Waals surface area contributed by atoms with Crippen LogP contribution in [0, 0.1) is 17.8 Å². The largest absolute Gasteiger partial charge is 0.350 e. The predicted molar refractivity (Wildman–Crippen MR) is 64.9 cm³/mol. The second-order valence-electron chi connectivity index (χ2n) is 5.61. The van der Waals surface area contributed by atoms with Crippen molar-refractivity contribution in [3.8, 4) is 0 Å². The topological polar surface area (TPSA) is 29.1 Å². The molecule has 2 saturated carbocycles.